The van der Waals surface area contributed by atoms with Crippen LogP contribution in [0, 0.1) is 11.3 Å². The van der Waals surface area contributed by atoms with E-state index in [-0.39, 0.29) is 32.0 Å². The number of nitrogens with zero attached hydrogens (tertiary/aromatic N) is 4. The van der Waals surface area contributed by atoms with Crippen LogP contribution in [0.4, 0.5) is 14.6 Å². The molecule has 0 aromatic carbocycles. The van der Waals surface area contributed by atoms with Crippen molar-refractivity contribution in [3.8, 4) is 0 Å². The highest BCUT2D eigenvalue weighted by atomic mass is 19.3. The molecule has 1 aromatic rings. The van der Waals surface area contributed by atoms with Gasteiger partial charge in [0.15, 0.2) is 0 Å². The van der Waals surface area contributed by atoms with Crippen LogP contribution in [0.25, 0.3) is 0 Å². The summed E-state index contributed by atoms with van der Waals surface area (Å²) in [7, 11) is 0. The second kappa shape index (κ2) is 5.63. The van der Waals surface area contributed by atoms with E-state index in [1.807, 2.05) is 4.90 Å². The Morgan fingerprint density at radius 2 is 2.04 bits per heavy atom. The van der Waals surface area contributed by atoms with E-state index in [0.29, 0.717) is 31.1 Å². The summed E-state index contributed by atoms with van der Waals surface area (Å²) >= 11 is 0. The summed E-state index contributed by atoms with van der Waals surface area (Å²) in [6, 6.07) is 0. The topological polar surface area (TPSA) is 49.3 Å². The summed E-state index contributed by atoms with van der Waals surface area (Å²) in [5.74, 6) is -1.59. The van der Waals surface area contributed by atoms with Crippen LogP contribution in [0.1, 0.15) is 32.1 Å². The standard InChI is InChI=1S/C17H22F2N4O/c18-17(19)4-8-23(15(24)9-13-1-2-13)12-16(17)3-7-22(11-16)14-10-20-5-6-21-14/h5-6,10,13H,1-4,7-9,11-12H2/t16-/m1/s1. The molecule has 1 amide bonds. The fourth-order valence-corrected chi connectivity index (χ4v) is 3.96. The van der Waals surface area contributed by atoms with Crippen LogP contribution in [0.5, 0.6) is 0 Å². The number of alkyl halides is 2. The van der Waals surface area contributed by atoms with E-state index in [0.717, 1.165) is 12.8 Å². The summed E-state index contributed by atoms with van der Waals surface area (Å²) in [6.07, 6.45) is 7.61. The van der Waals surface area contributed by atoms with E-state index >= 15 is 0 Å². The highest BCUT2D eigenvalue weighted by molar-refractivity contribution is 5.77. The fraction of sp³-hybridized carbons (Fsp3) is 0.706. The predicted octanol–water partition coefficient (Wildman–Crippen LogP) is 2.34. The van der Waals surface area contributed by atoms with Crippen LogP contribution in [0.3, 0.4) is 0 Å². The summed E-state index contributed by atoms with van der Waals surface area (Å²) in [5.41, 5.74) is -1.16. The van der Waals surface area contributed by atoms with Crippen LogP contribution in [0.2, 0.25) is 0 Å². The lowest BCUT2D eigenvalue weighted by molar-refractivity contribution is -0.169. The normalized spacial score (nSPS) is 29.2. The number of rotatable bonds is 3. The summed E-state index contributed by atoms with van der Waals surface area (Å²) in [6.45, 7) is 1.08. The van der Waals surface area contributed by atoms with Gasteiger partial charge in [0, 0.05) is 51.4 Å². The molecule has 3 fully saturated rings. The van der Waals surface area contributed by atoms with Gasteiger partial charge < -0.3 is 9.80 Å². The van der Waals surface area contributed by atoms with Crippen molar-refractivity contribution < 1.29 is 13.6 Å². The van der Waals surface area contributed by atoms with Crippen molar-refractivity contribution in [3.63, 3.8) is 0 Å². The number of carbonyl (C=O) groups excluding carboxylic acids is 1. The smallest absolute Gasteiger partial charge is 0.258 e. The lowest BCUT2D eigenvalue weighted by atomic mass is 9.75. The number of aromatic nitrogens is 2. The van der Waals surface area contributed by atoms with Gasteiger partial charge in [0.05, 0.1) is 11.6 Å². The van der Waals surface area contributed by atoms with Crippen molar-refractivity contribution in [3.05, 3.63) is 18.6 Å². The van der Waals surface area contributed by atoms with E-state index in [2.05, 4.69) is 9.97 Å². The molecular weight excluding hydrogens is 314 g/mol. The minimum atomic E-state index is -2.75. The van der Waals surface area contributed by atoms with Gasteiger partial charge in [0.2, 0.25) is 5.91 Å². The maximum atomic E-state index is 14.8. The van der Waals surface area contributed by atoms with Crippen molar-refractivity contribution in [2.75, 3.05) is 31.1 Å². The van der Waals surface area contributed by atoms with Gasteiger partial charge >= 0.3 is 0 Å². The maximum Gasteiger partial charge on any atom is 0.258 e. The zero-order chi connectivity index (χ0) is 16.8. The minimum absolute atomic E-state index is 0.0466. The Balaban J connectivity index is 1.51. The average Bonchev–Trinajstić information content (AvgIpc) is 3.28. The molecule has 1 aliphatic carbocycles. The average molecular weight is 336 g/mol. The van der Waals surface area contributed by atoms with Crippen molar-refractivity contribution >= 4 is 11.7 Å². The Labute approximate surface area is 140 Å². The number of hydrogen-bond acceptors (Lipinski definition) is 4. The molecule has 1 aromatic heterocycles. The number of halogens is 2. The number of piperidine rings is 1. The van der Waals surface area contributed by atoms with Gasteiger partial charge in [-0.3, -0.25) is 9.78 Å². The zero-order valence-corrected chi connectivity index (χ0v) is 13.6. The summed E-state index contributed by atoms with van der Waals surface area (Å²) in [4.78, 5) is 24.2. The largest absolute Gasteiger partial charge is 0.354 e. The van der Waals surface area contributed by atoms with Gasteiger partial charge in [-0.2, -0.15) is 0 Å². The van der Waals surface area contributed by atoms with Gasteiger partial charge in [0.1, 0.15) is 5.82 Å². The van der Waals surface area contributed by atoms with Crippen molar-refractivity contribution in [1.29, 1.82) is 0 Å². The molecule has 5 nitrogen and oxygen atoms in total. The lowest BCUT2D eigenvalue weighted by Gasteiger charge is -2.46. The van der Waals surface area contributed by atoms with Crippen LogP contribution < -0.4 is 4.90 Å². The quantitative estimate of drug-likeness (QED) is 0.850. The van der Waals surface area contributed by atoms with Gasteiger partial charge in [0.25, 0.3) is 5.92 Å². The second-order valence-electron chi connectivity index (χ2n) is 7.43. The molecule has 3 aliphatic rings. The monoisotopic (exact) mass is 336 g/mol. The molecule has 0 bridgehead atoms. The van der Waals surface area contributed by atoms with E-state index in [4.69, 9.17) is 0 Å². The molecular formula is C17H22F2N4O. The van der Waals surface area contributed by atoms with Crippen LogP contribution in [-0.4, -0.2) is 52.9 Å². The zero-order valence-electron chi connectivity index (χ0n) is 13.6. The molecule has 0 unspecified atom stereocenters. The van der Waals surface area contributed by atoms with Gasteiger partial charge in [-0.15, -0.1) is 0 Å². The van der Waals surface area contributed by atoms with E-state index < -0.39 is 11.3 Å². The third kappa shape index (κ3) is 2.74. The Hall–Kier alpha value is -1.79. The molecule has 1 saturated carbocycles. The fourth-order valence-electron chi connectivity index (χ4n) is 3.96. The van der Waals surface area contributed by atoms with Crippen LogP contribution in [0.15, 0.2) is 18.6 Å². The molecule has 0 radical (unpaired) electrons. The molecule has 4 rings (SSSR count). The third-order valence-electron chi connectivity index (χ3n) is 5.71. The van der Waals surface area contributed by atoms with Crippen LogP contribution in [-0.2, 0) is 4.79 Å². The molecule has 2 aliphatic heterocycles. The number of likely N-dealkylation sites (tertiary alicyclic amines) is 1. The second-order valence-corrected chi connectivity index (χ2v) is 7.43. The molecule has 7 heteroatoms. The Morgan fingerprint density at radius 1 is 1.21 bits per heavy atom. The summed E-state index contributed by atoms with van der Waals surface area (Å²) in [5, 5.41) is 0. The van der Waals surface area contributed by atoms with Crippen molar-refractivity contribution in [2.24, 2.45) is 11.3 Å². The SMILES string of the molecule is O=C(CC1CC1)N1CCC(F)(F)[C@@]2(CCN(c3cnccn3)C2)C1. The first kappa shape index (κ1) is 15.7. The van der Waals surface area contributed by atoms with Crippen LogP contribution >= 0.6 is 0 Å². The van der Waals surface area contributed by atoms with Crippen molar-refractivity contribution in [1.82, 2.24) is 14.9 Å². The first-order chi connectivity index (χ1) is 11.5. The highest BCUT2D eigenvalue weighted by Crippen LogP contribution is 2.50. The minimum Gasteiger partial charge on any atom is -0.354 e. The Morgan fingerprint density at radius 3 is 2.75 bits per heavy atom. The van der Waals surface area contributed by atoms with Gasteiger partial charge in [-0.25, -0.2) is 13.8 Å². The Kier molecular flexibility index (Phi) is 3.69. The van der Waals surface area contributed by atoms with E-state index in [1.54, 1.807) is 23.5 Å². The molecule has 130 valence electrons. The molecule has 3 heterocycles. The lowest BCUT2D eigenvalue weighted by Crippen LogP contribution is -2.58. The first-order valence-electron chi connectivity index (χ1n) is 8.66. The number of anilines is 1. The maximum absolute atomic E-state index is 14.8. The predicted molar refractivity (Wildman–Crippen MR) is 84.8 cm³/mol. The summed E-state index contributed by atoms with van der Waals surface area (Å²) < 4.78 is 29.5. The van der Waals surface area contributed by atoms with E-state index in [1.165, 1.54) is 0 Å². The number of carbonyl (C=O) groups is 1. The van der Waals surface area contributed by atoms with Crippen molar-refractivity contribution in [2.45, 2.75) is 38.0 Å². The van der Waals surface area contributed by atoms with Gasteiger partial charge in [-0.05, 0) is 25.2 Å². The number of amides is 1. The Bertz CT molecular complexity index is 622. The molecule has 1 atom stereocenters. The van der Waals surface area contributed by atoms with Gasteiger partial charge in [-0.1, -0.05) is 0 Å². The number of hydrogen-bond donors (Lipinski definition) is 0. The highest BCUT2D eigenvalue weighted by Gasteiger charge is 2.60. The molecule has 24 heavy (non-hydrogen) atoms. The molecule has 1 spiro atoms. The molecule has 0 N–H and O–H groups in total. The third-order valence-corrected chi connectivity index (χ3v) is 5.71. The molecule has 2 saturated heterocycles. The van der Waals surface area contributed by atoms with E-state index in [9.17, 15) is 13.6 Å². The first-order valence-corrected chi connectivity index (χ1v) is 8.66.